The molecule has 5 heteroatoms. The third kappa shape index (κ3) is 3.44. The van der Waals surface area contributed by atoms with Crippen molar-refractivity contribution in [1.29, 1.82) is 0 Å². The predicted molar refractivity (Wildman–Crippen MR) is 80.0 cm³/mol. The van der Waals surface area contributed by atoms with Gasteiger partial charge in [-0.2, -0.15) is 0 Å². The van der Waals surface area contributed by atoms with Gasteiger partial charge in [-0.15, -0.1) is 0 Å². The van der Waals surface area contributed by atoms with Gasteiger partial charge in [0.15, 0.2) is 0 Å². The molecule has 100 valence electrons. The second-order valence-electron chi connectivity index (χ2n) is 4.38. The minimum Gasteiger partial charge on any atom is -0.378 e. The summed E-state index contributed by atoms with van der Waals surface area (Å²) in [6, 6.07) is 6.83. The van der Waals surface area contributed by atoms with Crippen LogP contribution >= 0.6 is 15.9 Å². The van der Waals surface area contributed by atoms with E-state index < -0.39 is 0 Å². The quantitative estimate of drug-likeness (QED) is 0.930. The standard InChI is InChI=1S/C14H15BrFN3/c1-19(2)14-5-6-17-9-13(14)18-8-10-7-11(15)3-4-12(10)16/h3-7,9,18H,8H2,1-2H3. The highest BCUT2D eigenvalue weighted by Gasteiger charge is 2.06. The van der Waals surface area contributed by atoms with E-state index in [1.807, 2.05) is 25.1 Å². The van der Waals surface area contributed by atoms with E-state index in [2.05, 4.69) is 26.2 Å². The van der Waals surface area contributed by atoms with E-state index in [1.54, 1.807) is 24.5 Å². The molecule has 0 aliphatic heterocycles. The molecule has 1 aromatic heterocycles. The molecular weight excluding hydrogens is 309 g/mol. The van der Waals surface area contributed by atoms with Crippen molar-refractivity contribution in [3.05, 3.63) is 52.5 Å². The lowest BCUT2D eigenvalue weighted by atomic mass is 10.2. The lowest BCUT2D eigenvalue weighted by molar-refractivity contribution is 0.612. The van der Waals surface area contributed by atoms with Crippen LogP contribution in [0.5, 0.6) is 0 Å². The molecular formula is C14H15BrFN3. The molecule has 1 heterocycles. The first-order valence-corrected chi connectivity index (χ1v) is 6.66. The zero-order valence-electron chi connectivity index (χ0n) is 10.8. The maximum Gasteiger partial charge on any atom is 0.128 e. The van der Waals surface area contributed by atoms with Gasteiger partial charge in [0, 0.05) is 36.9 Å². The first kappa shape index (κ1) is 13.8. The topological polar surface area (TPSA) is 28.2 Å². The summed E-state index contributed by atoms with van der Waals surface area (Å²) in [5.74, 6) is -0.217. The minimum atomic E-state index is -0.217. The third-order valence-corrected chi connectivity index (χ3v) is 3.25. The fourth-order valence-corrected chi connectivity index (χ4v) is 2.19. The summed E-state index contributed by atoms with van der Waals surface area (Å²) in [5, 5.41) is 3.21. The Balaban J connectivity index is 2.17. The maximum atomic E-state index is 13.6. The minimum absolute atomic E-state index is 0.217. The summed E-state index contributed by atoms with van der Waals surface area (Å²) in [5.41, 5.74) is 2.51. The smallest absolute Gasteiger partial charge is 0.128 e. The molecule has 3 nitrogen and oxygen atoms in total. The summed E-state index contributed by atoms with van der Waals surface area (Å²) >= 11 is 3.35. The molecule has 0 saturated heterocycles. The second kappa shape index (κ2) is 6.02. The van der Waals surface area contributed by atoms with Crippen molar-refractivity contribution in [2.75, 3.05) is 24.3 Å². The Bertz CT molecular complexity index is 572. The van der Waals surface area contributed by atoms with Crippen LogP contribution in [-0.4, -0.2) is 19.1 Å². The van der Waals surface area contributed by atoms with Crippen LogP contribution in [0.15, 0.2) is 41.1 Å². The Hall–Kier alpha value is -1.62. The van der Waals surface area contributed by atoms with Crippen LogP contribution in [0.25, 0.3) is 0 Å². The molecule has 1 N–H and O–H groups in total. The Morgan fingerprint density at radius 2 is 2.11 bits per heavy atom. The van der Waals surface area contributed by atoms with Gasteiger partial charge in [-0.3, -0.25) is 4.98 Å². The molecule has 0 radical (unpaired) electrons. The van der Waals surface area contributed by atoms with Crippen LogP contribution in [-0.2, 0) is 6.54 Å². The molecule has 0 amide bonds. The van der Waals surface area contributed by atoms with E-state index in [0.29, 0.717) is 12.1 Å². The molecule has 19 heavy (non-hydrogen) atoms. The normalized spacial score (nSPS) is 10.3. The highest BCUT2D eigenvalue weighted by Crippen LogP contribution is 2.23. The molecule has 0 bridgehead atoms. The zero-order valence-corrected chi connectivity index (χ0v) is 12.4. The van der Waals surface area contributed by atoms with Crippen molar-refractivity contribution >= 4 is 27.3 Å². The number of hydrogen-bond donors (Lipinski definition) is 1. The summed E-state index contributed by atoms with van der Waals surface area (Å²) in [7, 11) is 3.92. The number of rotatable bonds is 4. The monoisotopic (exact) mass is 323 g/mol. The molecule has 0 aliphatic carbocycles. The number of nitrogens with one attached hydrogen (secondary N) is 1. The van der Waals surface area contributed by atoms with Crippen molar-refractivity contribution in [1.82, 2.24) is 4.98 Å². The molecule has 0 atom stereocenters. The van der Waals surface area contributed by atoms with E-state index in [9.17, 15) is 4.39 Å². The Morgan fingerprint density at radius 3 is 2.84 bits per heavy atom. The number of pyridine rings is 1. The highest BCUT2D eigenvalue weighted by molar-refractivity contribution is 9.10. The second-order valence-corrected chi connectivity index (χ2v) is 5.29. The first-order chi connectivity index (χ1) is 9.08. The Kier molecular flexibility index (Phi) is 4.37. The average Bonchev–Trinajstić information content (AvgIpc) is 2.40. The van der Waals surface area contributed by atoms with Gasteiger partial charge in [0.2, 0.25) is 0 Å². The van der Waals surface area contributed by atoms with Crippen molar-refractivity contribution in [3.8, 4) is 0 Å². The summed E-state index contributed by atoms with van der Waals surface area (Å²) in [4.78, 5) is 6.08. The molecule has 0 aliphatic rings. The predicted octanol–water partition coefficient (Wildman–Crippen LogP) is 3.66. The van der Waals surface area contributed by atoms with Gasteiger partial charge in [-0.1, -0.05) is 15.9 Å². The number of anilines is 2. The first-order valence-electron chi connectivity index (χ1n) is 5.87. The molecule has 1 aromatic carbocycles. The fourth-order valence-electron chi connectivity index (χ4n) is 1.78. The third-order valence-electron chi connectivity index (χ3n) is 2.76. The van der Waals surface area contributed by atoms with Gasteiger partial charge in [0.25, 0.3) is 0 Å². The van der Waals surface area contributed by atoms with Crippen LogP contribution in [0.4, 0.5) is 15.8 Å². The number of hydrogen-bond acceptors (Lipinski definition) is 3. The van der Waals surface area contributed by atoms with Crippen molar-refractivity contribution in [2.45, 2.75) is 6.54 Å². The van der Waals surface area contributed by atoms with Crippen LogP contribution in [0.3, 0.4) is 0 Å². The zero-order chi connectivity index (χ0) is 13.8. The Labute approximate surface area is 120 Å². The van der Waals surface area contributed by atoms with Gasteiger partial charge in [-0.25, -0.2) is 4.39 Å². The molecule has 0 saturated carbocycles. The number of aromatic nitrogens is 1. The maximum absolute atomic E-state index is 13.6. The van der Waals surface area contributed by atoms with Crippen LogP contribution in [0.1, 0.15) is 5.56 Å². The molecule has 0 fully saturated rings. The average molecular weight is 324 g/mol. The van der Waals surface area contributed by atoms with Crippen molar-refractivity contribution in [3.63, 3.8) is 0 Å². The van der Waals surface area contributed by atoms with Gasteiger partial charge in [0.05, 0.1) is 17.6 Å². The van der Waals surface area contributed by atoms with Gasteiger partial charge >= 0.3 is 0 Å². The SMILES string of the molecule is CN(C)c1ccncc1NCc1cc(Br)ccc1F. The van der Waals surface area contributed by atoms with Crippen LogP contribution in [0, 0.1) is 5.82 Å². The summed E-state index contributed by atoms with van der Waals surface area (Å²) in [6.45, 7) is 0.414. The summed E-state index contributed by atoms with van der Waals surface area (Å²) in [6.07, 6.45) is 3.48. The molecule has 0 spiro atoms. The lowest BCUT2D eigenvalue weighted by Crippen LogP contribution is -2.12. The van der Waals surface area contributed by atoms with Crippen molar-refractivity contribution < 1.29 is 4.39 Å². The molecule has 2 rings (SSSR count). The molecule has 2 aromatic rings. The van der Waals surface area contributed by atoms with E-state index in [1.165, 1.54) is 6.07 Å². The van der Waals surface area contributed by atoms with Crippen LogP contribution < -0.4 is 10.2 Å². The van der Waals surface area contributed by atoms with E-state index in [-0.39, 0.29) is 5.82 Å². The van der Waals surface area contributed by atoms with E-state index in [4.69, 9.17) is 0 Å². The van der Waals surface area contributed by atoms with Crippen molar-refractivity contribution in [2.24, 2.45) is 0 Å². The van der Waals surface area contributed by atoms with Gasteiger partial charge in [-0.05, 0) is 24.3 Å². The Morgan fingerprint density at radius 1 is 1.32 bits per heavy atom. The number of nitrogens with zero attached hydrogens (tertiary/aromatic N) is 2. The number of halogens is 2. The van der Waals surface area contributed by atoms with Crippen LogP contribution in [0.2, 0.25) is 0 Å². The van der Waals surface area contributed by atoms with E-state index in [0.717, 1.165) is 15.8 Å². The summed E-state index contributed by atoms with van der Waals surface area (Å²) < 4.78 is 14.5. The molecule has 0 unspecified atom stereocenters. The van der Waals surface area contributed by atoms with E-state index >= 15 is 0 Å². The highest BCUT2D eigenvalue weighted by atomic mass is 79.9. The van der Waals surface area contributed by atoms with Gasteiger partial charge < -0.3 is 10.2 Å². The fraction of sp³-hybridized carbons (Fsp3) is 0.214. The lowest BCUT2D eigenvalue weighted by Gasteiger charge is -2.18. The van der Waals surface area contributed by atoms with Gasteiger partial charge in [0.1, 0.15) is 5.82 Å². The largest absolute Gasteiger partial charge is 0.378 e. The number of benzene rings is 1.